The Morgan fingerprint density at radius 1 is 1.33 bits per heavy atom. The van der Waals surface area contributed by atoms with Gasteiger partial charge >= 0.3 is 19.3 Å². The van der Waals surface area contributed by atoms with Gasteiger partial charge in [-0.1, -0.05) is 20.3 Å². The molecule has 104 valence electrons. The van der Waals surface area contributed by atoms with Crippen molar-refractivity contribution in [2.75, 3.05) is 6.61 Å². The second-order valence-corrected chi connectivity index (χ2v) is 5.58. The van der Waals surface area contributed by atoms with Crippen LogP contribution in [0, 0.1) is 0 Å². The van der Waals surface area contributed by atoms with Crippen molar-refractivity contribution in [2.24, 2.45) is 0 Å². The lowest BCUT2D eigenvalue weighted by molar-refractivity contribution is -0.144. The van der Waals surface area contributed by atoms with Crippen LogP contribution in [0.1, 0.15) is 46.5 Å². The minimum absolute atomic E-state index is 0.0727. The number of carbonyl (C=O) groups excluding carboxylic acids is 1. The molecule has 0 aliphatic carbocycles. The highest BCUT2D eigenvalue weighted by atomic mass is 31.1. The van der Waals surface area contributed by atoms with E-state index < -0.39 is 25.2 Å². The van der Waals surface area contributed by atoms with Gasteiger partial charge in [-0.25, -0.2) is 4.79 Å². The van der Waals surface area contributed by atoms with Crippen LogP contribution in [0.4, 0.5) is 0 Å². The molecule has 0 aromatic carbocycles. The van der Waals surface area contributed by atoms with Crippen molar-refractivity contribution in [3.8, 4) is 0 Å². The lowest BCUT2D eigenvalue weighted by Crippen LogP contribution is -2.51. The number of amides is 1. The number of nitrogens with one attached hydrogen (secondary N) is 1. The molecule has 7 heteroatoms. The molecule has 0 heterocycles. The number of rotatable bonds is 9. The molecule has 0 aliphatic heterocycles. The van der Waals surface area contributed by atoms with Crippen LogP contribution in [0.3, 0.4) is 0 Å². The molecule has 0 saturated heterocycles. The molecule has 0 aliphatic rings. The molecule has 0 spiro atoms. The third kappa shape index (κ3) is 4.70. The predicted octanol–water partition coefficient (Wildman–Crippen LogP) is 2.26. The number of hydrogen-bond donors (Lipinski definition) is 2. The Hall–Kier alpha value is -1.00. The van der Waals surface area contributed by atoms with Gasteiger partial charge in [-0.2, -0.15) is 0 Å². The monoisotopic (exact) mass is 278 g/mol. The van der Waals surface area contributed by atoms with Crippen molar-refractivity contribution < 1.29 is 23.8 Å². The zero-order chi connectivity index (χ0) is 14.2. The van der Waals surface area contributed by atoms with Crippen LogP contribution < -0.4 is 5.32 Å². The van der Waals surface area contributed by atoms with Crippen LogP contribution in [0.25, 0.3) is 0 Å². The first-order valence-electron chi connectivity index (χ1n) is 6.03. The summed E-state index contributed by atoms with van der Waals surface area (Å²) in [6.07, 6.45) is 2.11. The van der Waals surface area contributed by atoms with Crippen LogP contribution in [-0.2, 0) is 18.7 Å². The van der Waals surface area contributed by atoms with Crippen molar-refractivity contribution in [2.45, 2.75) is 51.7 Å². The fourth-order valence-electron chi connectivity index (χ4n) is 1.49. The van der Waals surface area contributed by atoms with Gasteiger partial charge in [0, 0.05) is 13.3 Å². The second-order valence-electron chi connectivity index (χ2n) is 4.04. The fourth-order valence-corrected chi connectivity index (χ4v) is 2.82. The minimum atomic E-state index is -2.50. The maximum absolute atomic E-state index is 12.0. The van der Waals surface area contributed by atoms with Crippen molar-refractivity contribution in [1.82, 2.24) is 5.32 Å². The van der Waals surface area contributed by atoms with Gasteiger partial charge < -0.3 is 5.11 Å². The molecule has 0 rings (SSSR count). The lowest BCUT2D eigenvalue weighted by Gasteiger charge is -2.18. The van der Waals surface area contributed by atoms with Gasteiger partial charge in [0.15, 0.2) is 0 Å². The molecule has 0 fully saturated rings. The van der Waals surface area contributed by atoms with Crippen LogP contribution in [0.5, 0.6) is 0 Å². The maximum atomic E-state index is 12.0. The van der Waals surface area contributed by atoms with Crippen LogP contribution >= 0.6 is 8.03 Å². The number of hydrogen-bond acceptors (Lipinski definition) is 4. The van der Waals surface area contributed by atoms with Crippen molar-refractivity contribution in [3.05, 3.63) is 0 Å². The Bertz CT molecular complexity index is 321. The molecule has 0 radical (unpaired) electrons. The topological polar surface area (TPSA) is 92.7 Å². The SMILES string of the molecule is CCCCO[P+](=O)C(CCC)(NC(C)=O)C(=O)O. The van der Waals surface area contributed by atoms with Gasteiger partial charge in [0.1, 0.15) is 6.61 Å². The molecule has 0 aromatic heterocycles. The third-order valence-corrected chi connectivity index (χ3v) is 3.93. The minimum Gasteiger partial charge on any atom is -0.476 e. The van der Waals surface area contributed by atoms with Gasteiger partial charge in [0.25, 0.3) is 0 Å². The summed E-state index contributed by atoms with van der Waals surface area (Å²) >= 11 is 0. The summed E-state index contributed by atoms with van der Waals surface area (Å²) in [5, 5.41) is 9.71. The van der Waals surface area contributed by atoms with E-state index in [2.05, 4.69) is 5.32 Å². The molecule has 6 nitrogen and oxygen atoms in total. The summed E-state index contributed by atoms with van der Waals surface area (Å²) < 4.78 is 17.1. The summed E-state index contributed by atoms with van der Waals surface area (Å²) in [5.74, 6) is -1.86. The van der Waals surface area contributed by atoms with E-state index in [1.54, 1.807) is 6.92 Å². The third-order valence-electron chi connectivity index (χ3n) is 2.37. The van der Waals surface area contributed by atoms with E-state index in [0.29, 0.717) is 12.8 Å². The first kappa shape index (κ1) is 17.0. The molecule has 2 N–H and O–H groups in total. The van der Waals surface area contributed by atoms with Gasteiger partial charge in [-0.3, -0.25) is 10.1 Å². The number of unbranched alkanes of at least 4 members (excludes halogenated alkanes) is 1. The number of carboxylic acids is 1. The Balaban J connectivity index is 4.96. The van der Waals surface area contributed by atoms with Gasteiger partial charge in [-0.15, -0.1) is 4.52 Å². The van der Waals surface area contributed by atoms with Crippen LogP contribution in [0.15, 0.2) is 0 Å². The quantitative estimate of drug-likeness (QED) is 0.498. The van der Waals surface area contributed by atoms with E-state index in [9.17, 15) is 19.3 Å². The maximum Gasteiger partial charge on any atom is 0.549 e. The normalized spacial score (nSPS) is 14.7. The number of aliphatic carboxylic acids is 1. The molecular formula is C11H21NO5P+. The molecule has 1 amide bonds. The fraction of sp³-hybridized carbons (Fsp3) is 0.818. The van der Waals surface area contributed by atoms with Crippen molar-refractivity contribution in [1.29, 1.82) is 0 Å². The Morgan fingerprint density at radius 2 is 1.94 bits per heavy atom. The average Bonchev–Trinajstić information content (AvgIpc) is 2.27. The standard InChI is InChI=1S/C11H20NO5P/c1-4-6-8-17-18(16)11(7-5-2,10(14)15)12-9(3)13/h4-8H2,1-3H3,(H-,12,13,14,15)/p+1. The highest BCUT2D eigenvalue weighted by Crippen LogP contribution is 2.42. The van der Waals surface area contributed by atoms with E-state index in [-0.39, 0.29) is 13.0 Å². The smallest absolute Gasteiger partial charge is 0.476 e. The zero-order valence-electron chi connectivity index (χ0n) is 11.1. The Kier molecular flexibility index (Phi) is 7.71. The van der Waals surface area contributed by atoms with Crippen molar-refractivity contribution in [3.63, 3.8) is 0 Å². The molecule has 2 unspecified atom stereocenters. The summed E-state index contributed by atoms with van der Waals surface area (Å²) in [6.45, 7) is 5.13. The van der Waals surface area contributed by atoms with Gasteiger partial charge in [0.2, 0.25) is 5.91 Å². The molecule has 2 atom stereocenters. The zero-order valence-corrected chi connectivity index (χ0v) is 12.0. The molecule has 0 bridgehead atoms. The lowest BCUT2D eigenvalue weighted by atomic mass is 10.1. The molecule has 0 aromatic rings. The van der Waals surface area contributed by atoms with Gasteiger partial charge in [0.05, 0.1) is 0 Å². The van der Waals surface area contributed by atoms with Crippen LogP contribution in [-0.4, -0.2) is 28.9 Å². The largest absolute Gasteiger partial charge is 0.549 e. The molecule has 0 saturated carbocycles. The Morgan fingerprint density at radius 3 is 2.33 bits per heavy atom. The molecule has 18 heavy (non-hydrogen) atoms. The number of carbonyl (C=O) groups is 2. The Labute approximate surface area is 108 Å². The summed E-state index contributed by atoms with van der Waals surface area (Å²) in [4.78, 5) is 22.5. The summed E-state index contributed by atoms with van der Waals surface area (Å²) in [6, 6.07) is 0. The van der Waals surface area contributed by atoms with E-state index in [1.807, 2.05) is 6.92 Å². The van der Waals surface area contributed by atoms with E-state index >= 15 is 0 Å². The summed E-state index contributed by atoms with van der Waals surface area (Å²) in [7, 11) is -2.50. The highest BCUT2D eigenvalue weighted by Gasteiger charge is 2.59. The molecular weight excluding hydrogens is 257 g/mol. The van der Waals surface area contributed by atoms with E-state index in [4.69, 9.17) is 4.52 Å². The first-order valence-corrected chi connectivity index (χ1v) is 7.20. The average molecular weight is 278 g/mol. The highest BCUT2D eigenvalue weighted by molar-refractivity contribution is 7.42. The van der Waals surface area contributed by atoms with E-state index in [1.165, 1.54) is 6.92 Å². The second kappa shape index (κ2) is 8.16. The van der Waals surface area contributed by atoms with Crippen molar-refractivity contribution >= 4 is 19.9 Å². The summed E-state index contributed by atoms with van der Waals surface area (Å²) in [5.41, 5.74) is 0. The van der Waals surface area contributed by atoms with Crippen LogP contribution in [0.2, 0.25) is 0 Å². The van der Waals surface area contributed by atoms with Gasteiger partial charge in [-0.05, 0) is 17.4 Å². The first-order chi connectivity index (χ1) is 8.40. The number of carboxylic acid groups (broad SMARTS) is 1. The van der Waals surface area contributed by atoms with E-state index in [0.717, 1.165) is 6.42 Å². The predicted molar refractivity (Wildman–Crippen MR) is 67.6 cm³/mol.